The van der Waals surface area contributed by atoms with Crippen LogP contribution in [0.3, 0.4) is 0 Å². The standard InChI is InChI=1S/C16H22ClNO/c1-11-8-12(4-5-14(11)17)16(6-2-3-7-16)13-9-18-10-15(13)19/h4-5,8,13,15,18-19H,2-3,6-7,9-10H2,1H3/t13-,15+/m0/s1. The highest BCUT2D eigenvalue weighted by atomic mass is 35.5. The normalized spacial score (nSPS) is 29.8. The van der Waals surface area contributed by atoms with Gasteiger partial charge in [0.2, 0.25) is 0 Å². The monoisotopic (exact) mass is 279 g/mol. The van der Waals surface area contributed by atoms with Crippen LogP contribution in [0.5, 0.6) is 0 Å². The summed E-state index contributed by atoms with van der Waals surface area (Å²) in [7, 11) is 0. The molecule has 1 aromatic carbocycles. The van der Waals surface area contributed by atoms with Gasteiger partial charge in [0.25, 0.3) is 0 Å². The summed E-state index contributed by atoms with van der Waals surface area (Å²) >= 11 is 6.16. The third-order valence-corrected chi connectivity index (χ3v) is 5.54. The van der Waals surface area contributed by atoms with E-state index in [4.69, 9.17) is 11.6 Å². The Labute approximate surface area is 120 Å². The molecule has 19 heavy (non-hydrogen) atoms. The van der Waals surface area contributed by atoms with Gasteiger partial charge in [-0.25, -0.2) is 0 Å². The van der Waals surface area contributed by atoms with E-state index in [2.05, 4.69) is 24.4 Å². The third kappa shape index (κ3) is 2.20. The van der Waals surface area contributed by atoms with Crippen molar-refractivity contribution in [1.29, 1.82) is 0 Å². The number of rotatable bonds is 2. The van der Waals surface area contributed by atoms with Crippen LogP contribution in [0.25, 0.3) is 0 Å². The fourth-order valence-corrected chi connectivity index (χ4v) is 4.18. The first kappa shape index (κ1) is 13.4. The summed E-state index contributed by atoms with van der Waals surface area (Å²) in [6.07, 6.45) is 4.71. The molecule has 2 fully saturated rings. The van der Waals surface area contributed by atoms with Gasteiger partial charge in [-0.05, 0) is 37.0 Å². The van der Waals surface area contributed by atoms with Crippen LogP contribution in [-0.2, 0) is 5.41 Å². The van der Waals surface area contributed by atoms with E-state index in [9.17, 15) is 5.11 Å². The quantitative estimate of drug-likeness (QED) is 0.872. The first-order valence-electron chi connectivity index (χ1n) is 7.29. The second-order valence-corrected chi connectivity index (χ2v) is 6.57. The van der Waals surface area contributed by atoms with Gasteiger partial charge in [-0.2, -0.15) is 0 Å². The molecule has 0 bridgehead atoms. The Morgan fingerprint density at radius 3 is 2.58 bits per heavy atom. The molecule has 104 valence electrons. The van der Waals surface area contributed by atoms with E-state index in [1.165, 1.54) is 31.2 Å². The van der Waals surface area contributed by atoms with Crippen LogP contribution in [0.2, 0.25) is 5.02 Å². The Kier molecular flexibility index (Phi) is 3.59. The number of aliphatic hydroxyl groups excluding tert-OH is 1. The lowest BCUT2D eigenvalue weighted by Crippen LogP contribution is -2.39. The molecule has 2 N–H and O–H groups in total. The topological polar surface area (TPSA) is 32.3 Å². The van der Waals surface area contributed by atoms with Crippen molar-refractivity contribution in [1.82, 2.24) is 5.32 Å². The molecular weight excluding hydrogens is 258 g/mol. The lowest BCUT2D eigenvalue weighted by Gasteiger charge is -2.37. The number of halogens is 1. The maximum atomic E-state index is 10.3. The molecule has 2 atom stereocenters. The van der Waals surface area contributed by atoms with E-state index >= 15 is 0 Å². The zero-order valence-electron chi connectivity index (χ0n) is 11.5. The van der Waals surface area contributed by atoms with Crippen molar-refractivity contribution in [2.75, 3.05) is 13.1 Å². The number of hydrogen-bond acceptors (Lipinski definition) is 2. The molecule has 0 aromatic heterocycles. The van der Waals surface area contributed by atoms with Crippen LogP contribution in [0.1, 0.15) is 36.8 Å². The zero-order valence-corrected chi connectivity index (χ0v) is 12.2. The molecular formula is C16H22ClNO. The van der Waals surface area contributed by atoms with Crippen LogP contribution in [-0.4, -0.2) is 24.3 Å². The van der Waals surface area contributed by atoms with Crippen molar-refractivity contribution >= 4 is 11.6 Å². The zero-order chi connectivity index (χ0) is 13.5. The molecule has 0 unspecified atom stereocenters. The molecule has 3 rings (SSSR count). The Hall–Kier alpha value is -0.570. The lowest BCUT2D eigenvalue weighted by molar-refractivity contribution is 0.0959. The maximum absolute atomic E-state index is 10.3. The van der Waals surface area contributed by atoms with Gasteiger partial charge in [-0.1, -0.05) is 36.6 Å². The first-order chi connectivity index (χ1) is 9.13. The number of hydrogen-bond donors (Lipinski definition) is 2. The van der Waals surface area contributed by atoms with Crippen LogP contribution in [0, 0.1) is 12.8 Å². The van der Waals surface area contributed by atoms with Gasteiger partial charge in [0, 0.05) is 29.4 Å². The van der Waals surface area contributed by atoms with Crippen molar-refractivity contribution in [3.8, 4) is 0 Å². The first-order valence-corrected chi connectivity index (χ1v) is 7.67. The van der Waals surface area contributed by atoms with Crippen molar-refractivity contribution in [3.63, 3.8) is 0 Å². The van der Waals surface area contributed by atoms with Crippen molar-refractivity contribution in [2.24, 2.45) is 5.92 Å². The van der Waals surface area contributed by atoms with E-state index in [1.54, 1.807) is 0 Å². The predicted octanol–water partition coefficient (Wildman–Crippen LogP) is 3.04. The highest BCUT2D eigenvalue weighted by molar-refractivity contribution is 6.31. The Morgan fingerprint density at radius 1 is 1.26 bits per heavy atom. The molecule has 1 aliphatic heterocycles. The average molecular weight is 280 g/mol. The molecule has 0 radical (unpaired) electrons. The molecule has 1 aromatic rings. The van der Waals surface area contributed by atoms with E-state index in [0.717, 1.165) is 23.7 Å². The smallest absolute Gasteiger partial charge is 0.0713 e. The number of aliphatic hydroxyl groups is 1. The van der Waals surface area contributed by atoms with E-state index in [-0.39, 0.29) is 11.5 Å². The molecule has 0 amide bonds. The van der Waals surface area contributed by atoms with Gasteiger partial charge in [0.1, 0.15) is 0 Å². The van der Waals surface area contributed by atoms with E-state index in [1.807, 2.05) is 6.07 Å². The summed E-state index contributed by atoms with van der Waals surface area (Å²) in [6, 6.07) is 6.42. The van der Waals surface area contributed by atoms with Crippen LogP contribution in [0.15, 0.2) is 18.2 Å². The summed E-state index contributed by atoms with van der Waals surface area (Å²) in [4.78, 5) is 0. The second-order valence-electron chi connectivity index (χ2n) is 6.16. The minimum absolute atomic E-state index is 0.151. The number of β-amino-alcohol motifs (C(OH)–C–C–N with tert-alkyl or cyclic N) is 1. The minimum atomic E-state index is -0.214. The average Bonchev–Trinajstić information content (AvgIpc) is 3.02. The molecule has 2 aliphatic rings. The third-order valence-electron chi connectivity index (χ3n) is 5.12. The number of aryl methyl sites for hydroxylation is 1. The fourth-order valence-electron chi connectivity index (χ4n) is 4.06. The van der Waals surface area contributed by atoms with Crippen molar-refractivity contribution < 1.29 is 5.11 Å². The highest BCUT2D eigenvalue weighted by Crippen LogP contribution is 2.49. The second kappa shape index (κ2) is 5.08. The van der Waals surface area contributed by atoms with Crippen molar-refractivity contribution in [2.45, 2.75) is 44.1 Å². The molecule has 0 spiro atoms. The van der Waals surface area contributed by atoms with Crippen LogP contribution >= 0.6 is 11.6 Å². The predicted molar refractivity (Wildman–Crippen MR) is 78.7 cm³/mol. The number of benzene rings is 1. The number of nitrogens with one attached hydrogen (secondary N) is 1. The molecule has 1 aliphatic carbocycles. The van der Waals surface area contributed by atoms with Gasteiger partial charge >= 0.3 is 0 Å². The Balaban J connectivity index is 2.02. The molecule has 1 saturated carbocycles. The SMILES string of the molecule is Cc1cc(C2([C@H]3CNC[C@H]3O)CCCC2)ccc1Cl. The Morgan fingerprint density at radius 2 is 2.00 bits per heavy atom. The van der Waals surface area contributed by atoms with Gasteiger partial charge in [0.05, 0.1) is 6.10 Å². The highest BCUT2D eigenvalue weighted by Gasteiger charge is 2.47. The van der Waals surface area contributed by atoms with Gasteiger partial charge in [-0.3, -0.25) is 0 Å². The van der Waals surface area contributed by atoms with Crippen LogP contribution in [0.4, 0.5) is 0 Å². The van der Waals surface area contributed by atoms with E-state index < -0.39 is 0 Å². The lowest BCUT2D eigenvalue weighted by atomic mass is 9.67. The van der Waals surface area contributed by atoms with Crippen LogP contribution < -0.4 is 5.32 Å². The van der Waals surface area contributed by atoms with E-state index in [0.29, 0.717) is 5.92 Å². The van der Waals surface area contributed by atoms with Gasteiger partial charge < -0.3 is 10.4 Å². The molecule has 3 heteroatoms. The van der Waals surface area contributed by atoms with Crippen molar-refractivity contribution in [3.05, 3.63) is 34.3 Å². The minimum Gasteiger partial charge on any atom is -0.391 e. The molecule has 2 nitrogen and oxygen atoms in total. The summed E-state index contributed by atoms with van der Waals surface area (Å²) in [5.41, 5.74) is 2.67. The molecule has 1 heterocycles. The maximum Gasteiger partial charge on any atom is 0.0713 e. The summed E-state index contributed by atoms with van der Waals surface area (Å²) in [5, 5.41) is 14.5. The van der Waals surface area contributed by atoms with Gasteiger partial charge in [0.15, 0.2) is 0 Å². The summed E-state index contributed by atoms with van der Waals surface area (Å²) < 4.78 is 0. The summed E-state index contributed by atoms with van der Waals surface area (Å²) in [5.74, 6) is 0.343. The largest absolute Gasteiger partial charge is 0.391 e. The fraction of sp³-hybridized carbons (Fsp3) is 0.625. The van der Waals surface area contributed by atoms with Gasteiger partial charge in [-0.15, -0.1) is 0 Å². The Bertz CT molecular complexity index is 468. The summed E-state index contributed by atoms with van der Waals surface area (Å²) in [6.45, 7) is 3.74. The molecule has 1 saturated heterocycles.